The number of carbonyl (C=O) groups excluding carboxylic acids is 2. The average molecular weight is 412 g/mol. The molecule has 8 heteroatoms. The van der Waals surface area contributed by atoms with E-state index in [1.165, 1.54) is 11.3 Å². The van der Waals surface area contributed by atoms with Crippen LogP contribution in [-0.4, -0.2) is 48.1 Å². The van der Waals surface area contributed by atoms with E-state index in [1.807, 2.05) is 25.1 Å². The predicted octanol–water partition coefficient (Wildman–Crippen LogP) is 3.27. The number of aromatic nitrogens is 1. The number of likely N-dealkylation sites (N-methyl/N-ethyl adjacent to an activating group) is 1. The van der Waals surface area contributed by atoms with Gasteiger partial charge in [0, 0.05) is 13.1 Å². The Morgan fingerprint density at radius 2 is 1.97 bits per heavy atom. The second-order valence-corrected chi connectivity index (χ2v) is 7.38. The SMILES string of the molecule is CCN(Cc1ccc2c(c1)OCCO2)C(=O)COC(=O)c1ccc2ncsc2c1. The van der Waals surface area contributed by atoms with Gasteiger partial charge < -0.3 is 19.1 Å². The lowest BCUT2D eigenvalue weighted by molar-refractivity contribution is -0.134. The van der Waals surface area contributed by atoms with Gasteiger partial charge in [0.15, 0.2) is 18.1 Å². The van der Waals surface area contributed by atoms with Gasteiger partial charge in [0.1, 0.15) is 13.2 Å². The maximum atomic E-state index is 12.6. The molecule has 150 valence electrons. The van der Waals surface area contributed by atoms with Gasteiger partial charge in [0.05, 0.1) is 21.3 Å². The predicted molar refractivity (Wildman–Crippen MR) is 108 cm³/mol. The van der Waals surface area contributed by atoms with E-state index >= 15 is 0 Å². The van der Waals surface area contributed by atoms with Crippen molar-refractivity contribution in [3.05, 3.63) is 53.0 Å². The number of esters is 1. The fraction of sp³-hybridized carbons (Fsp3) is 0.286. The molecule has 2 aromatic carbocycles. The van der Waals surface area contributed by atoms with Crippen molar-refractivity contribution in [1.29, 1.82) is 0 Å². The van der Waals surface area contributed by atoms with Gasteiger partial charge in [-0.15, -0.1) is 11.3 Å². The zero-order chi connectivity index (χ0) is 20.2. The van der Waals surface area contributed by atoms with Gasteiger partial charge in [-0.3, -0.25) is 4.79 Å². The van der Waals surface area contributed by atoms with Crippen molar-refractivity contribution in [3.8, 4) is 11.5 Å². The van der Waals surface area contributed by atoms with Gasteiger partial charge in [0.2, 0.25) is 0 Å². The molecule has 1 aliphatic heterocycles. The Kier molecular flexibility index (Phi) is 5.62. The number of fused-ring (bicyclic) bond motifs is 2. The van der Waals surface area contributed by atoms with Crippen molar-refractivity contribution in [1.82, 2.24) is 9.88 Å². The number of hydrogen-bond donors (Lipinski definition) is 0. The minimum Gasteiger partial charge on any atom is -0.486 e. The molecule has 0 saturated carbocycles. The minimum atomic E-state index is -0.524. The van der Waals surface area contributed by atoms with Crippen LogP contribution in [-0.2, 0) is 16.1 Å². The highest BCUT2D eigenvalue weighted by Gasteiger charge is 2.18. The zero-order valence-corrected chi connectivity index (χ0v) is 16.7. The average Bonchev–Trinajstić information content (AvgIpc) is 3.23. The molecule has 0 radical (unpaired) electrons. The highest BCUT2D eigenvalue weighted by atomic mass is 32.1. The van der Waals surface area contributed by atoms with Crippen molar-refractivity contribution < 1.29 is 23.8 Å². The summed E-state index contributed by atoms with van der Waals surface area (Å²) in [6.07, 6.45) is 0. The largest absolute Gasteiger partial charge is 0.486 e. The molecule has 1 amide bonds. The number of amides is 1. The van der Waals surface area contributed by atoms with Crippen LogP contribution < -0.4 is 9.47 Å². The molecule has 0 N–H and O–H groups in total. The summed E-state index contributed by atoms with van der Waals surface area (Å²) in [5.74, 6) is 0.613. The van der Waals surface area contributed by atoms with Gasteiger partial charge in [-0.2, -0.15) is 0 Å². The Morgan fingerprint density at radius 1 is 1.14 bits per heavy atom. The first kappa shape index (κ1) is 19.2. The number of thiazole rings is 1. The molecule has 4 rings (SSSR count). The number of ether oxygens (including phenoxy) is 3. The Hall–Kier alpha value is -3.13. The Balaban J connectivity index is 1.36. The van der Waals surface area contributed by atoms with Gasteiger partial charge in [0.25, 0.3) is 5.91 Å². The van der Waals surface area contributed by atoms with E-state index in [0.717, 1.165) is 15.8 Å². The van der Waals surface area contributed by atoms with Crippen LogP contribution in [0.4, 0.5) is 0 Å². The first-order chi connectivity index (χ1) is 14.1. The summed E-state index contributed by atoms with van der Waals surface area (Å²) in [6, 6.07) is 10.8. The highest BCUT2D eigenvalue weighted by Crippen LogP contribution is 2.31. The normalized spacial score (nSPS) is 12.6. The van der Waals surface area contributed by atoms with Crippen molar-refractivity contribution in [2.45, 2.75) is 13.5 Å². The van der Waals surface area contributed by atoms with Crippen LogP contribution in [0.1, 0.15) is 22.8 Å². The summed E-state index contributed by atoms with van der Waals surface area (Å²) in [6.45, 7) is 3.52. The Bertz CT molecular complexity index is 1050. The van der Waals surface area contributed by atoms with Crippen LogP contribution in [0.5, 0.6) is 11.5 Å². The number of hydrogen-bond acceptors (Lipinski definition) is 7. The van der Waals surface area contributed by atoms with E-state index < -0.39 is 5.97 Å². The van der Waals surface area contributed by atoms with E-state index in [9.17, 15) is 9.59 Å². The maximum Gasteiger partial charge on any atom is 0.338 e. The molecule has 0 bridgehead atoms. The molecule has 0 saturated heterocycles. The standard InChI is InChI=1S/C21H20N2O5S/c1-2-23(11-14-3-6-17-18(9-14)27-8-7-26-17)20(24)12-28-21(25)15-4-5-16-19(10-15)29-13-22-16/h3-6,9-10,13H,2,7-8,11-12H2,1H3. The molecule has 7 nitrogen and oxygen atoms in total. The fourth-order valence-electron chi connectivity index (χ4n) is 3.07. The van der Waals surface area contributed by atoms with Crippen molar-refractivity contribution in [2.24, 2.45) is 0 Å². The van der Waals surface area contributed by atoms with Crippen molar-refractivity contribution in [2.75, 3.05) is 26.4 Å². The summed E-state index contributed by atoms with van der Waals surface area (Å²) < 4.78 is 17.2. The minimum absolute atomic E-state index is 0.255. The van der Waals surface area contributed by atoms with Crippen molar-refractivity contribution >= 4 is 33.4 Å². The lowest BCUT2D eigenvalue weighted by Crippen LogP contribution is -2.34. The number of benzene rings is 2. The van der Waals surface area contributed by atoms with Crippen LogP contribution in [0.2, 0.25) is 0 Å². The zero-order valence-electron chi connectivity index (χ0n) is 15.9. The molecule has 0 atom stereocenters. The third kappa shape index (κ3) is 4.32. The van der Waals surface area contributed by atoms with Crippen LogP contribution in [0.3, 0.4) is 0 Å². The summed E-state index contributed by atoms with van der Waals surface area (Å²) in [5, 5.41) is 0. The molecule has 0 spiro atoms. The highest BCUT2D eigenvalue weighted by molar-refractivity contribution is 7.16. The van der Waals surface area contributed by atoms with E-state index in [-0.39, 0.29) is 12.5 Å². The third-order valence-electron chi connectivity index (χ3n) is 4.61. The van der Waals surface area contributed by atoms with Gasteiger partial charge in [-0.25, -0.2) is 9.78 Å². The van der Waals surface area contributed by atoms with Crippen LogP contribution in [0.25, 0.3) is 10.2 Å². The smallest absolute Gasteiger partial charge is 0.338 e. The summed E-state index contributed by atoms with van der Waals surface area (Å²) >= 11 is 1.45. The lowest BCUT2D eigenvalue weighted by Gasteiger charge is -2.23. The maximum absolute atomic E-state index is 12.6. The summed E-state index contributed by atoms with van der Waals surface area (Å²) in [5.41, 5.74) is 3.88. The molecule has 3 aromatic rings. The fourth-order valence-corrected chi connectivity index (χ4v) is 3.78. The summed E-state index contributed by atoms with van der Waals surface area (Å²) in [7, 11) is 0. The number of carbonyl (C=O) groups is 2. The molecule has 0 fully saturated rings. The van der Waals surface area contributed by atoms with Crippen molar-refractivity contribution in [3.63, 3.8) is 0 Å². The molecule has 29 heavy (non-hydrogen) atoms. The van der Waals surface area contributed by atoms with E-state index in [1.54, 1.807) is 28.6 Å². The first-order valence-electron chi connectivity index (χ1n) is 9.30. The Morgan fingerprint density at radius 3 is 2.79 bits per heavy atom. The lowest BCUT2D eigenvalue weighted by atomic mass is 10.1. The molecule has 0 aliphatic carbocycles. The second kappa shape index (κ2) is 8.48. The molecule has 1 aromatic heterocycles. The second-order valence-electron chi connectivity index (χ2n) is 6.50. The third-order valence-corrected chi connectivity index (χ3v) is 5.40. The van der Waals surface area contributed by atoms with E-state index in [0.29, 0.717) is 43.4 Å². The topological polar surface area (TPSA) is 78.0 Å². The van der Waals surface area contributed by atoms with Crippen LogP contribution >= 0.6 is 11.3 Å². The number of rotatable bonds is 6. The summed E-state index contributed by atoms with van der Waals surface area (Å²) in [4.78, 5) is 30.7. The van der Waals surface area contributed by atoms with Gasteiger partial charge in [-0.05, 0) is 42.8 Å². The quantitative estimate of drug-likeness (QED) is 0.578. The van der Waals surface area contributed by atoms with Crippen LogP contribution in [0.15, 0.2) is 41.9 Å². The number of nitrogens with zero attached hydrogens (tertiary/aromatic N) is 2. The molecular formula is C21H20N2O5S. The monoisotopic (exact) mass is 412 g/mol. The molecule has 1 aliphatic rings. The molecule has 2 heterocycles. The Labute approximate surface area is 171 Å². The van der Waals surface area contributed by atoms with Crippen LogP contribution in [0, 0.1) is 0 Å². The van der Waals surface area contributed by atoms with Gasteiger partial charge in [-0.1, -0.05) is 6.07 Å². The molecule has 0 unspecified atom stereocenters. The van der Waals surface area contributed by atoms with E-state index in [4.69, 9.17) is 14.2 Å². The first-order valence-corrected chi connectivity index (χ1v) is 10.2. The van der Waals surface area contributed by atoms with Gasteiger partial charge >= 0.3 is 5.97 Å². The van der Waals surface area contributed by atoms with E-state index in [2.05, 4.69) is 4.98 Å². The molecular weight excluding hydrogens is 392 g/mol.